The maximum Gasteiger partial charge on any atom is 0.214 e. The van der Waals surface area contributed by atoms with Crippen LogP contribution in [0, 0.1) is 4.77 Å². The Balaban J connectivity index is 1.66. The van der Waals surface area contributed by atoms with Gasteiger partial charge in [0.25, 0.3) is 0 Å². The number of benzene rings is 3. The summed E-state index contributed by atoms with van der Waals surface area (Å²) < 4.78 is 3.94. The van der Waals surface area contributed by atoms with Gasteiger partial charge in [0.1, 0.15) is 5.69 Å². The minimum atomic E-state index is -0.0643. The van der Waals surface area contributed by atoms with Crippen LogP contribution in [-0.4, -0.2) is 21.2 Å². The number of para-hydroxylation sites is 1. The van der Waals surface area contributed by atoms with Crippen LogP contribution in [0.15, 0.2) is 96.1 Å². The summed E-state index contributed by atoms with van der Waals surface area (Å²) in [4.78, 5) is 13.2. The average Bonchev–Trinajstić information content (AvgIpc) is 3.24. The molecule has 0 bridgehead atoms. The molecular weight excluding hydrogens is 390 g/mol. The standard InChI is InChI=1S/C25H17N3OS/c29-24-21-16-8-7-15-20(21)22-23(24)28(25(30)27(22)19-13-5-2-6-14-19)26-17-9-12-18-10-3-1-4-11-18/h1-17H/b12-9+,26-17+. The normalized spacial score (nSPS) is 12.6. The van der Waals surface area contributed by atoms with Gasteiger partial charge in [0.05, 0.1) is 5.69 Å². The molecule has 0 unspecified atom stereocenters. The maximum atomic E-state index is 13.2. The molecule has 30 heavy (non-hydrogen) atoms. The second-order valence-electron chi connectivity index (χ2n) is 6.87. The Morgan fingerprint density at radius 3 is 2.13 bits per heavy atom. The highest BCUT2D eigenvalue weighted by atomic mass is 32.1. The number of fused-ring (bicyclic) bond motifs is 3. The number of hydrogen-bond donors (Lipinski definition) is 0. The molecule has 0 amide bonds. The molecule has 3 aromatic carbocycles. The van der Waals surface area contributed by atoms with E-state index in [2.05, 4.69) is 5.10 Å². The first-order valence-corrected chi connectivity index (χ1v) is 10.00. The van der Waals surface area contributed by atoms with E-state index in [9.17, 15) is 4.79 Å². The van der Waals surface area contributed by atoms with Crippen molar-refractivity contribution in [1.82, 2.24) is 9.24 Å². The molecule has 4 nitrogen and oxygen atoms in total. The van der Waals surface area contributed by atoms with Crippen LogP contribution in [0.3, 0.4) is 0 Å². The molecule has 1 aromatic heterocycles. The van der Waals surface area contributed by atoms with E-state index in [-0.39, 0.29) is 5.78 Å². The lowest BCUT2D eigenvalue weighted by atomic mass is 10.1. The molecule has 0 N–H and O–H groups in total. The Kier molecular flexibility index (Phi) is 4.58. The van der Waals surface area contributed by atoms with Gasteiger partial charge in [0.15, 0.2) is 0 Å². The van der Waals surface area contributed by atoms with E-state index in [4.69, 9.17) is 12.2 Å². The van der Waals surface area contributed by atoms with E-state index < -0.39 is 0 Å². The predicted octanol–water partition coefficient (Wildman–Crippen LogP) is 5.77. The fraction of sp³-hybridized carbons (Fsp3) is 0. The zero-order valence-electron chi connectivity index (χ0n) is 16.0. The summed E-state index contributed by atoms with van der Waals surface area (Å²) >= 11 is 5.74. The Bertz CT molecular complexity index is 1360. The number of carbonyl (C=O) groups is 1. The quantitative estimate of drug-likeness (QED) is 0.280. The molecule has 1 heterocycles. The van der Waals surface area contributed by atoms with Crippen molar-refractivity contribution in [2.75, 3.05) is 0 Å². The van der Waals surface area contributed by atoms with Crippen molar-refractivity contribution >= 4 is 30.3 Å². The fourth-order valence-electron chi connectivity index (χ4n) is 3.71. The van der Waals surface area contributed by atoms with Crippen molar-refractivity contribution in [1.29, 1.82) is 0 Å². The minimum absolute atomic E-state index is 0.0643. The Morgan fingerprint density at radius 2 is 1.40 bits per heavy atom. The number of allylic oxidation sites excluding steroid dienone is 1. The summed E-state index contributed by atoms with van der Waals surface area (Å²) in [6.45, 7) is 0. The van der Waals surface area contributed by atoms with Crippen LogP contribution in [0.5, 0.6) is 0 Å². The Morgan fingerprint density at radius 1 is 0.767 bits per heavy atom. The van der Waals surface area contributed by atoms with E-state index in [0.29, 0.717) is 16.0 Å². The van der Waals surface area contributed by atoms with Gasteiger partial charge in [-0.3, -0.25) is 9.36 Å². The summed E-state index contributed by atoms with van der Waals surface area (Å²) in [5, 5.41) is 4.53. The third kappa shape index (κ3) is 2.96. The van der Waals surface area contributed by atoms with Gasteiger partial charge in [0, 0.05) is 23.0 Å². The first-order chi connectivity index (χ1) is 14.8. The Hall–Kier alpha value is -3.83. The van der Waals surface area contributed by atoms with Gasteiger partial charge in [-0.1, -0.05) is 78.9 Å². The van der Waals surface area contributed by atoms with Crippen molar-refractivity contribution in [3.63, 3.8) is 0 Å². The summed E-state index contributed by atoms with van der Waals surface area (Å²) in [6.07, 6.45) is 5.46. The molecule has 1 aliphatic carbocycles. The molecule has 0 spiro atoms. The predicted molar refractivity (Wildman–Crippen MR) is 123 cm³/mol. The summed E-state index contributed by atoms with van der Waals surface area (Å²) in [5.41, 5.74) is 4.80. The number of aromatic nitrogens is 2. The van der Waals surface area contributed by atoms with Gasteiger partial charge in [-0.05, 0) is 36.0 Å². The van der Waals surface area contributed by atoms with Crippen LogP contribution in [0.4, 0.5) is 0 Å². The fourth-order valence-corrected chi connectivity index (χ4v) is 4.04. The molecule has 4 aromatic rings. The van der Waals surface area contributed by atoms with E-state index >= 15 is 0 Å². The monoisotopic (exact) mass is 407 g/mol. The third-order valence-corrected chi connectivity index (χ3v) is 5.40. The third-order valence-electron chi connectivity index (χ3n) is 5.04. The van der Waals surface area contributed by atoms with Gasteiger partial charge in [-0.25, -0.2) is 4.68 Å². The first kappa shape index (κ1) is 18.2. The highest BCUT2D eigenvalue weighted by Crippen LogP contribution is 2.39. The molecule has 1 aliphatic rings. The van der Waals surface area contributed by atoms with Crippen molar-refractivity contribution < 1.29 is 4.79 Å². The molecule has 0 fully saturated rings. The van der Waals surface area contributed by atoms with Crippen LogP contribution in [-0.2, 0) is 0 Å². The maximum absolute atomic E-state index is 13.2. The van der Waals surface area contributed by atoms with Crippen LogP contribution >= 0.6 is 12.2 Å². The van der Waals surface area contributed by atoms with Gasteiger partial charge >= 0.3 is 0 Å². The first-order valence-electron chi connectivity index (χ1n) is 9.59. The zero-order chi connectivity index (χ0) is 20.5. The molecule has 144 valence electrons. The summed E-state index contributed by atoms with van der Waals surface area (Å²) in [7, 11) is 0. The number of ketones is 1. The van der Waals surface area contributed by atoms with Crippen molar-refractivity contribution in [3.8, 4) is 16.9 Å². The van der Waals surface area contributed by atoms with Crippen molar-refractivity contribution in [2.45, 2.75) is 0 Å². The topological polar surface area (TPSA) is 39.3 Å². The van der Waals surface area contributed by atoms with Gasteiger partial charge in [-0.2, -0.15) is 5.10 Å². The number of nitrogens with zero attached hydrogens (tertiary/aromatic N) is 3. The van der Waals surface area contributed by atoms with E-state index in [0.717, 1.165) is 22.5 Å². The van der Waals surface area contributed by atoms with E-state index in [1.807, 2.05) is 102 Å². The molecule has 0 saturated carbocycles. The minimum Gasteiger partial charge on any atom is -0.287 e. The highest BCUT2D eigenvalue weighted by Gasteiger charge is 2.34. The molecule has 5 heteroatoms. The van der Waals surface area contributed by atoms with E-state index in [1.165, 1.54) is 0 Å². The molecule has 0 radical (unpaired) electrons. The SMILES string of the molecule is O=C1c2ccccc2-c2c1n(/N=C/C=C/c1ccccc1)c(=S)n2-c1ccccc1. The zero-order valence-corrected chi connectivity index (χ0v) is 16.8. The lowest BCUT2D eigenvalue weighted by Crippen LogP contribution is -2.04. The lowest BCUT2D eigenvalue weighted by Gasteiger charge is -2.07. The Labute approximate surface area is 179 Å². The second kappa shape index (κ2) is 7.54. The molecular formula is C25H17N3OS. The average molecular weight is 407 g/mol. The van der Waals surface area contributed by atoms with Gasteiger partial charge in [0.2, 0.25) is 10.6 Å². The van der Waals surface area contributed by atoms with Crippen LogP contribution < -0.4 is 0 Å². The summed E-state index contributed by atoms with van der Waals surface area (Å²) in [6, 6.07) is 27.4. The smallest absolute Gasteiger partial charge is 0.214 e. The molecule has 0 aliphatic heterocycles. The number of carbonyl (C=O) groups excluding carboxylic acids is 1. The highest BCUT2D eigenvalue weighted by molar-refractivity contribution is 7.71. The van der Waals surface area contributed by atoms with Gasteiger partial charge in [-0.15, -0.1) is 0 Å². The molecule has 5 rings (SSSR count). The van der Waals surface area contributed by atoms with Crippen LogP contribution in [0.1, 0.15) is 21.6 Å². The van der Waals surface area contributed by atoms with Crippen LogP contribution in [0.25, 0.3) is 23.0 Å². The lowest BCUT2D eigenvalue weighted by molar-refractivity contribution is 0.103. The van der Waals surface area contributed by atoms with E-state index in [1.54, 1.807) is 10.9 Å². The second-order valence-corrected chi connectivity index (χ2v) is 7.24. The van der Waals surface area contributed by atoms with Gasteiger partial charge < -0.3 is 0 Å². The number of rotatable bonds is 4. The number of imidazole rings is 1. The van der Waals surface area contributed by atoms with Crippen molar-refractivity contribution in [3.05, 3.63) is 113 Å². The summed E-state index contributed by atoms with van der Waals surface area (Å²) in [5.74, 6) is -0.0643. The number of hydrogen-bond acceptors (Lipinski definition) is 3. The molecule has 0 saturated heterocycles. The largest absolute Gasteiger partial charge is 0.287 e. The van der Waals surface area contributed by atoms with Crippen LogP contribution in [0.2, 0.25) is 0 Å². The van der Waals surface area contributed by atoms with Crippen molar-refractivity contribution in [2.24, 2.45) is 5.10 Å². The molecule has 0 atom stereocenters.